The average Bonchev–Trinajstić information content (AvgIpc) is 3.51. The zero-order valence-electron chi connectivity index (χ0n) is 18.2. The standard InChI is InChI=1S/C25H26ClN5O2/c26-20-6-3-5-19(12-20)25(33)31-22-7-2-1-4-18(22)13-23(31)24(32)28-14-17-8-10-21(11-9-17)30-16-27-15-29-30/h3,5-6,8-12,15-16,18,22-23H,1-2,4,7,13-14H2,(H,28,32). The van der Waals surface area contributed by atoms with Gasteiger partial charge >= 0.3 is 0 Å². The number of rotatable bonds is 5. The van der Waals surface area contributed by atoms with Gasteiger partial charge in [-0.1, -0.05) is 42.6 Å². The topological polar surface area (TPSA) is 80.1 Å². The Kier molecular flexibility index (Phi) is 6.13. The first-order chi connectivity index (χ1) is 16.1. The molecule has 0 radical (unpaired) electrons. The predicted octanol–water partition coefficient (Wildman–Crippen LogP) is 4.01. The highest BCUT2D eigenvalue weighted by Gasteiger charge is 2.47. The van der Waals surface area contributed by atoms with Gasteiger partial charge < -0.3 is 10.2 Å². The molecule has 3 atom stereocenters. The third-order valence-electron chi connectivity index (χ3n) is 6.78. The summed E-state index contributed by atoms with van der Waals surface area (Å²) in [5, 5.41) is 7.71. The van der Waals surface area contributed by atoms with Crippen molar-refractivity contribution in [3.8, 4) is 5.69 Å². The summed E-state index contributed by atoms with van der Waals surface area (Å²) < 4.78 is 1.68. The van der Waals surface area contributed by atoms with E-state index in [0.29, 0.717) is 29.5 Å². The lowest BCUT2D eigenvalue weighted by Crippen LogP contribution is -2.49. The SMILES string of the molecule is O=C(NCc1ccc(-n2cncn2)cc1)C1CC2CCCCC2N1C(=O)c1cccc(Cl)c1. The molecule has 7 nitrogen and oxygen atoms in total. The number of benzene rings is 2. The van der Waals surface area contributed by atoms with Crippen LogP contribution in [0.3, 0.4) is 0 Å². The van der Waals surface area contributed by atoms with Gasteiger partial charge in [-0.25, -0.2) is 9.67 Å². The van der Waals surface area contributed by atoms with Crippen molar-refractivity contribution < 1.29 is 9.59 Å². The Labute approximate surface area is 197 Å². The maximum atomic E-state index is 13.5. The molecule has 1 aliphatic heterocycles. The van der Waals surface area contributed by atoms with Gasteiger partial charge in [0.25, 0.3) is 5.91 Å². The summed E-state index contributed by atoms with van der Waals surface area (Å²) in [6.07, 6.45) is 8.11. The molecule has 1 saturated heterocycles. The number of aromatic nitrogens is 3. The summed E-state index contributed by atoms with van der Waals surface area (Å²) in [7, 11) is 0. The maximum absolute atomic E-state index is 13.5. The third-order valence-corrected chi connectivity index (χ3v) is 7.02. The first-order valence-electron chi connectivity index (χ1n) is 11.4. The van der Waals surface area contributed by atoms with Gasteiger partial charge in [0.1, 0.15) is 18.7 Å². The van der Waals surface area contributed by atoms with Gasteiger partial charge in [0.15, 0.2) is 0 Å². The number of amides is 2. The minimum atomic E-state index is -0.459. The van der Waals surface area contributed by atoms with Crippen LogP contribution in [0.15, 0.2) is 61.2 Å². The van der Waals surface area contributed by atoms with Crippen LogP contribution in [0.1, 0.15) is 48.0 Å². The summed E-state index contributed by atoms with van der Waals surface area (Å²) in [4.78, 5) is 32.5. The van der Waals surface area contributed by atoms with E-state index in [0.717, 1.165) is 36.9 Å². The van der Waals surface area contributed by atoms with Gasteiger partial charge in [0.2, 0.25) is 5.91 Å². The first-order valence-corrected chi connectivity index (χ1v) is 11.8. The number of hydrogen-bond donors (Lipinski definition) is 1. The number of nitrogens with one attached hydrogen (secondary N) is 1. The predicted molar refractivity (Wildman–Crippen MR) is 125 cm³/mol. The van der Waals surface area contributed by atoms with Crippen LogP contribution in [0.4, 0.5) is 0 Å². The van der Waals surface area contributed by atoms with Crippen LogP contribution in [0.2, 0.25) is 5.02 Å². The van der Waals surface area contributed by atoms with Crippen molar-refractivity contribution in [2.75, 3.05) is 0 Å². The molecule has 8 heteroatoms. The van der Waals surface area contributed by atoms with Gasteiger partial charge in [0, 0.05) is 23.2 Å². The molecule has 1 saturated carbocycles. The number of fused-ring (bicyclic) bond motifs is 1. The van der Waals surface area contributed by atoms with Gasteiger partial charge in [-0.15, -0.1) is 0 Å². The molecule has 0 spiro atoms. The quantitative estimate of drug-likeness (QED) is 0.620. The Morgan fingerprint density at radius 1 is 1.09 bits per heavy atom. The largest absolute Gasteiger partial charge is 0.350 e. The number of hydrogen-bond acceptors (Lipinski definition) is 4. The zero-order valence-corrected chi connectivity index (χ0v) is 19.0. The van der Waals surface area contributed by atoms with Gasteiger partial charge in [-0.3, -0.25) is 9.59 Å². The maximum Gasteiger partial charge on any atom is 0.254 e. The molecule has 1 aromatic heterocycles. The average molecular weight is 464 g/mol. The Morgan fingerprint density at radius 2 is 1.91 bits per heavy atom. The Morgan fingerprint density at radius 3 is 2.67 bits per heavy atom. The van der Waals surface area contributed by atoms with Crippen LogP contribution in [0, 0.1) is 5.92 Å². The van der Waals surface area contributed by atoms with Crippen molar-refractivity contribution in [2.45, 2.75) is 50.7 Å². The highest BCUT2D eigenvalue weighted by molar-refractivity contribution is 6.31. The third kappa shape index (κ3) is 4.50. The minimum Gasteiger partial charge on any atom is -0.350 e. The molecule has 0 bridgehead atoms. The van der Waals surface area contributed by atoms with Crippen molar-refractivity contribution in [2.24, 2.45) is 5.92 Å². The minimum absolute atomic E-state index is 0.0971. The molecule has 170 valence electrons. The normalized spacial score (nSPS) is 22.1. The fourth-order valence-electron chi connectivity index (χ4n) is 5.17. The van der Waals surface area contributed by atoms with E-state index in [-0.39, 0.29) is 17.9 Å². The van der Waals surface area contributed by atoms with E-state index < -0.39 is 6.04 Å². The lowest BCUT2D eigenvalue weighted by molar-refractivity contribution is -0.125. The molecule has 2 amide bonds. The number of carbonyl (C=O) groups is 2. The van der Waals surface area contributed by atoms with Crippen LogP contribution in [0.25, 0.3) is 5.69 Å². The number of halogens is 1. The Hall–Kier alpha value is -3.19. The number of carbonyl (C=O) groups excluding carboxylic acids is 2. The molecule has 2 heterocycles. The van der Waals surface area contributed by atoms with Crippen molar-refractivity contribution in [3.05, 3.63) is 77.3 Å². The van der Waals surface area contributed by atoms with E-state index in [9.17, 15) is 9.59 Å². The summed E-state index contributed by atoms with van der Waals surface area (Å²) >= 11 is 6.13. The highest BCUT2D eigenvalue weighted by atomic mass is 35.5. The second-order valence-electron chi connectivity index (χ2n) is 8.81. The van der Waals surface area contributed by atoms with Crippen molar-refractivity contribution >= 4 is 23.4 Å². The molecule has 33 heavy (non-hydrogen) atoms. The van der Waals surface area contributed by atoms with E-state index in [1.807, 2.05) is 29.2 Å². The fraction of sp³-hybridized carbons (Fsp3) is 0.360. The Bertz CT molecular complexity index is 1130. The van der Waals surface area contributed by atoms with Crippen LogP contribution in [-0.4, -0.2) is 43.6 Å². The molecule has 5 rings (SSSR count). The molecule has 3 unspecified atom stereocenters. The molecule has 1 aliphatic carbocycles. The molecule has 1 N–H and O–H groups in total. The molecule has 2 aromatic carbocycles. The zero-order chi connectivity index (χ0) is 22.8. The lowest BCUT2D eigenvalue weighted by Gasteiger charge is -2.33. The highest BCUT2D eigenvalue weighted by Crippen LogP contribution is 2.40. The van der Waals surface area contributed by atoms with Crippen LogP contribution >= 0.6 is 11.6 Å². The summed E-state index contributed by atoms with van der Waals surface area (Å²) in [6, 6.07) is 14.4. The van der Waals surface area contributed by atoms with Crippen LogP contribution < -0.4 is 5.32 Å². The summed E-state index contributed by atoms with van der Waals surface area (Å²) in [5.41, 5.74) is 2.42. The van der Waals surface area contributed by atoms with Crippen molar-refractivity contribution in [1.82, 2.24) is 25.0 Å². The number of nitrogens with zero attached hydrogens (tertiary/aromatic N) is 4. The van der Waals surface area contributed by atoms with Crippen LogP contribution in [0.5, 0.6) is 0 Å². The Balaban J connectivity index is 1.30. The monoisotopic (exact) mass is 463 g/mol. The molecule has 2 aliphatic rings. The van der Waals surface area contributed by atoms with E-state index in [1.165, 1.54) is 6.33 Å². The summed E-state index contributed by atoms with van der Waals surface area (Å²) in [5.74, 6) is 0.170. The fourth-order valence-corrected chi connectivity index (χ4v) is 5.36. The van der Waals surface area contributed by atoms with E-state index >= 15 is 0 Å². The second-order valence-corrected chi connectivity index (χ2v) is 9.25. The molecule has 2 fully saturated rings. The first kappa shape index (κ1) is 21.6. The molecule has 3 aromatic rings. The van der Waals surface area contributed by atoms with Gasteiger partial charge in [-0.2, -0.15) is 5.10 Å². The van der Waals surface area contributed by atoms with Crippen molar-refractivity contribution in [1.29, 1.82) is 0 Å². The summed E-state index contributed by atoms with van der Waals surface area (Å²) in [6.45, 7) is 0.404. The van der Waals surface area contributed by atoms with E-state index in [2.05, 4.69) is 15.4 Å². The van der Waals surface area contributed by atoms with Gasteiger partial charge in [-0.05, 0) is 61.1 Å². The van der Waals surface area contributed by atoms with Crippen molar-refractivity contribution in [3.63, 3.8) is 0 Å². The molecular weight excluding hydrogens is 438 g/mol. The van der Waals surface area contributed by atoms with Gasteiger partial charge in [0.05, 0.1) is 5.69 Å². The van der Waals surface area contributed by atoms with Crippen LogP contribution in [-0.2, 0) is 11.3 Å². The number of likely N-dealkylation sites (tertiary alicyclic amines) is 1. The lowest BCUT2D eigenvalue weighted by atomic mass is 9.84. The van der Waals surface area contributed by atoms with E-state index in [4.69, 9.17) is 11.6 Å². The van der Waals surface area contributed by atoms with E-state index in [1.54, 1.807) is 35.3 Å². The molecular formula is C25H26ClN5O2. The second kappa shape index (κ2) is 9.35. The smallest absolute Gasteiger partial charge is 0.254 e.